The van der Waals surface area contributed by atoms with Gasteiger partial charge in [0.25, 0.3) is 0 Å². The van der Waals surface area contributed by atoms with E-state index in [9.17, 15) is 0 Å². The number of pyridine rings is 1. The number of nitrogens with one attached hydrogen (secondary N) is 2. The average Bonchev–Trinajstić information content (AvgIpc) is 3.03. The van der Waals surface area contributed by atoms with Crippen molar-refractivity contribution >= 4 is 22.8 Å². The van der Waals surface area contributed by atoms with Crippen molar-refractivity contribution in [2.75, 3.05) is 5.32 Å². The van der Waals surface area contributed by atoms with Crippen molar-refractivity contribution in [1.29, 1.82) is 0 Å². The van der Waals surface area contributed by atoms with Crippen molar-refractivity contribution in [1.82, 2.24) is 24.9 Å². The summed E-state index contributed by atoms with van der Waals surface area (Å²) in [7, 11) is 0. The molecule has 3 heterocycles. The monoisotopic (exact) mass is 302 g/mol. The number of benzene rings is 1. The van der Waals surface area contributed by atoms with Crippen LogP contribution in [0.2, 0.25) is 0 Å². The average molecular weight is 302 g/mol. The number of nitrogens with zero attached hydrogens (tertiary/aromatic N) is 4. The van der Waals surface area contributed by atoms with Crippen LogP contribution in [0.5, 0.6) is 0 Å². The Morgan fingerprint density at radius 2 is 2.00 bits per heavy atom. The summed E-state index contributed by atoms with van der Waals surface area (Å²) in [5.41, 5.74) is 5.44. The molecule has 0 radical (unpaired) electrons. The molecule has 0 aliphatic heterocycles. The molecule has 4 aromatic rings. The minimum absolute atomic E-state index is 0.554. The molecule has 0 aliphatic carbocycles. The molecule has 1 aromatic carbocycles. The highest BCUT2D eigenvalue weighted by Crippen LogP contribution is 2.21. The zero-order valence-corrected chi connectivity index (χ0v) is 12.5. The molecule has 112 valence electrons. The van der Waals surface area contributed by atoms with Crippen LogP contribution >= 0.6 is 0 Å². The second-order valence-corrected chi connectivity index (χ2v) is 5.26. The number of H-pyrrole nitrogens is 1. The largest absolute Gasteiger partial charge is 0.343 e. The maximum atomic E-state index is 4.56. The van der Waals surface area contributed by atoms with Gasteiger partial charge in [0.15, 0.2) is 5.65 Å². The minimum Gasteiger partial charge on any atom is -0.343 e. The van der Waals surface area contributed by atoms with Crippen LogP contribution in [-0.4, -0.2) is 24.9 Å². The number of aryl methyl sites for hydroxylation is 1. The first kappa shape index (κ1) is 13.4. The first-order valence-electron chi connectivity index (χ1n) is 7.24. The van der Waals surface area contributed by atoms with Gasteiger partial charge in [-0.2, -0.15) is 0 Å². The van der Waals surface area contributed by atoms with Gasteiger partial charge in [-0.15, -0.1) is 0 Å². The van der Waals surface area contributed by atoms with Gasteiger partial charge < -0.3 is 10.3 Å². The number of aromatic amines is 1. The fourth-order valence-corrected chi connectivity index (χ4v) is 2.40. The smallest absolute Gasteiger partial charge is 0.227 e. The number of rotatable bonds is 3. The van der Waals surface area contributed by atoms with E-state index in [1.54, 1.807) is 18.7 Å². The molecule has 6 nitrogen and oxygen atoms in total. The lowest BCUT2D eigenvalue weighted by molar-refractivity contribution is 1.17. The lowest BCUT2D eigenvalue weighted by atomic mass is 10.2. The molecule has 0 aliphatic rings. The number of hydrogen-bond acceptors (Lipinski definition) is 5. The van der Waals surface area contributed by atoms with Gasteiger partial charge in [-0.3, -0.25) is 0 Å². The summed E-state index contributed by atoms with van der Waals surface area (Å²) in [6.07, 6.45) is 5.13. The van der Waals surface area contributed by atoms with Gasteiger partial charge in [-0.05, 0) is 36.8 Å². The highest BCUT2D eigenvalue weighted by atomic mass is 15.1. The van der Waals surface area contributed by atoms with Crippen molar-refractivity contribution in [3.8, 4) is 11.3 Å². The lowest BCUT2D eigenvalue weighted by Crippen LogP contribution is -1.98. The molecule has 0 saturated carbocycles. The van der Waals surface area contributed by atoms with Crippen LogP contribution in [-0.2, 0) is 0 Å². The molecule has 0 atom stereocenters. The Hall–Kier alpha value is -3.28. The normalized spacial score (nSPS) is 10.8. The van der Waals surface area contributed by atoms with Crippen LogP contribution in [0.1, 0.15) is 5.56 Å². The molecular weight excluding hydrogens is 288 g/mol. The standard InChI is InChI=1S/C17H14N6/c1-11-3-2-4-13(7-11)22-17-18-6-5-14(23-17)12-8-15-16(19-9-12)21-10-20-15/h2-10H,1H3,(H,18,22,23)(H,19,20,21). The van der Waals surface area contributed by atoms with E-state index in [0.29, 0.717) is 11.6 Å². The number of hydrogen-bond donors (Lipinski definition) is 2. The van der Waals surface area contributed by atoms with Gasteiger partial charge in [-0.1, -0.05) is 12.1 Å². The van der Waals surface area contributed by atoms with Crippen molar-refractivity contribution in [2.24, 2.45) is 0 Å². The predicted octanol–water partition coefficient (Wildman–Crippen LogP) is 3.47. The van der Waals surface area contributed by atoms with Gasteiger partial charge in [0.2, 0.25) is 5.95 Å². The third-order valence-corrected chi connectivity index (χ3v) is 3.50. The topological polar surface area (TPSA) is 79.4 Å². The van der Waals surface area contributed by atoms with Crippen LogP contribution < -0.4 is 5.32 Å². The van der Waals surface area contributed by atoms with Gasteiger partial charge >= 0.3 is 0 Å². The van der Waals surface area contributed by atoms with Gasteiger partial charge in [0.05, 0.1) is 17.5 Å². The molecule has 3 aromatic heterocycles. The molecule has 6 heteroatoms. The third kappa shape index (κ3) is 2.74. The van der Waals surface area contributed by atoms with Crippen LogP contribution in [0.15, 0.2) is 55.1 Å². The number of imidazole rings is 1. The summed E-state index contributed by atoms with van der Waals surface area (Å²) in [6.45, 7) is 2.05. The van der Waals surface area contributed by atoms with Crippen LogP contribution in [0, 0.1) is 6.92 Å². The summed E-state index contributed by atoms with van der Waals surface area (Å²) in [5.74, 6) is 0.554. The molecular formula is C17H14N6. The van der Waals surface area contributed by atoms with Crippen molar-refractivity contribution in [2.45, 2.75) is 6.92 Å². The summed E-state index contributed by atoms with van der Waals surface area (Å²) in [4.78, 5) is 20.3. The summed E-state index contributed by atoms with van der Waals surface area (Å²) < 4.78 is 0. The first-order valence-corrected chi connectivity index (χ1v) is 7.24. The molecule has 2 N–H and O–H groups in total. The fraction of sp³-hybridized carbons (Fsp3) is 0.0588. The Morgan fingerprint density at radius 1 is 1.04 bits per heavy atom. The Kier molecular flexibility index (Phi) is 3.20. The first-order chi connectivity index (χ1) is 11.3. The van der Waals surface area contributed by atoms with Crippen molar-refractivity contribution in [3.05, 3.63) is 60.7 Å². The molecule has 0 spiro atoms. The summed E-state index contributed by atoms with van der Waals surface area (Å²) in [6, 6.07) is 11.9. The van der Waals surface area contributed by atoms with E-state index in [1.807, 2.05) is 43.3 Å². The second-order valence-electron chi connectivity index (χ2n) is 5.26. The van der Waals surface area contributed by atoms with Crippen LogP contribution in [0.3, 0.4) is 0 Å². The lowest BCUT2D eigenvalue weighted by Gasteiger charge is -2.07. The molecule has 0 amide bonds. The zero-order valence-electron chi connectivity index (χ0n) is 12.5. The maximum absolute atomic E-state index is 4.56. The molecule has 0 bridgehead atoms. The second kappa shape index (κ2) is 5.49. The molecule has 4 rings (SSSR count). The molecule has 0 unspecified atom stereocenters. The number of aromatic nitrogens is 5. The number of anilines is 2. The van der Waals surface area contributed by atoms with Gasteiger partial charge in [-0.25, -0.2) is 19.9 Å². The van der Waals surface area contributed by atoms with Crippen LogP contribution in [0.25, 0.3) is 22.4 Å². The van der Waals surface area contributed by atoms with Gasteiger partial charge in [0.1, 0.15) is 0 Å². The third-order valence-electron chi connectivity index (χ3n) is 3.50. The highest BCUT2D eigenvalue weighted by molar-refractivity contribution is 5.76. The van der Waals surface area contributed by atoms with Crippen LogP contribution in [0.4, 0.5) is 11.6 Å². The summed E-state index contributed by atoms with van der Waals surface area (Å²) >= 11 is 0. The predicted molar refractivity (Wildman–Crippen MR) is 89.4 cm³/mol. The van der Waals surface area contributed by atoms with Gasteiger partial charge in [0, 0.05) is 23.6 Å². The SMILES string of the molecule is Cc1cccc(Nc2nccc(-c3cnc4nc[nH]c4c3)n2)c1. The Bertz CT molecular complexity index is 975. The van der Waals surface area contributed by atoms with E-state index in [-0.39, 0.29) is 0 Å². The maximum Gasteiger partial charge on any atom is 0.227 e. The molecule has 0 saturated heterocycles. The number of fused-ring (bicyclic) bond motifs is 1. The quantitative estimate of drug-likeness (QED) is 0.606. The zero-order chi connectivity index (χ0) is 15.6. The van der Waals surface area contributed by atoms with Crippen molar-refractivity contribution < 1.29 is 0 Å². The van der Waals surface area contributed by atoms with Crippen molar-refractivity contribution in [3.63, 3.8) is 0 Å². The Labute approximate surface area is 132 Å². The minimum atomic E-state index is 0.554. The van der Waals surface area contributed by atoms with E-state index < -0.39 is 0 Å². The molecule has 23 heavy (non-hydrogen) atoms. The highest BCUT2D eigenvalue weighted by Gasteiger charge is 2.06. The Balaban J connectivity index is 1.67. The fourth-order valence-electron chi connectivity index (χ4n) is 2.40. The summed E-state index contributed by atoms with van der Waals surface area (Å²) in [5, 5.41) is 3.22. The van der Waals surface area contributed by atoms with E-state index in [1.165, 1.54) is 5.56 Å². The van der Waals surface area contributed by atoms with E-state index in [0.717, 1.165) is 22.5 Å². The van der Waals surface area contributed by atoms with E-state index in [2.05, 4.69) is 30.2 Å². The Morgan fingerprint density at radius 3 is 2.91 bits per heavy atom. The van der Waals surface area contributed by atoms with E-state index in [4.69, 9.17) is 0 Å². The van der Waals surface area contributed by atoms with E-state index >= 15 is 0 Å². The molecule has 0 fully saturated rings.